The minimum Gasteiger partial charge on any atom is -0.496 e. The van der Waals surface area contributed by atoms with Crippen LogP contribution >= 0.6 is 11.6 Å². The molecule has 0 spiro atoms. The van der Waals surface area contributed by atoms with Gasteiger partial charge in [0.1, 0.15) is 22.2 Å². The van der Waals surface area contributed by atoms with Crippen LogP contribution in [0.3, 0.4) is 0 Å². The Morgan fingerprint density at radius 2 is 1.94 bits per heavy atom. The SMILES string of the molecule is COc1cc(C(F)F)nc(Cl)c1C(F)(F)F. The van der Waals surface area contributed by atoms with Gasteiger partial charge < -0.3 is 4.74 Å². The van der Waals surface area contributed by atoms with Crippen molar-refractivity contribution in [3.63, 3.8) is 0 Å². The van der Waals surface area contributed by atoms with Gasteiger partial charge in [-0.1, -0.05) is 11.6 Å². The summed E-state index contributed by atoms with van der Waals surface area (Å²) in [6, 6.07) is 0.513. The third-order valence-corrected chi connectivity index (χ3v) is 1.96. The van der Waals surface area contributed by atoms with Crippen molar-refractivity contribution < 1.29 is 26.7 Å². The van der Waals surface area contributed by atoms with Crippen molar-refractivity contribution in [1.29, 1.82) is 0 Å². The number of halogens is 6. The van der Waals surface area contributed by atoms with Crippen LogP contribution in [0.4, 0.5) is 22.0 Å². The molecule has 0 fully saturated rings. The largest absolute Gasteiger partial charge is 0.496 e. The van der Waals surface area contributed by atoms with Crippen molar-refractivity contribution in [1.82, 2.24) is 4.98 Å². The van der Waals surface area contributed by atoms with Gasteiger partial charge in [0.25, 0.3) is 6.43 Å². The molecule has 2 nitrogen and oxygen atoms in total. The summed E-state index contributed by atoms with van der Waals surface area (Å²) < 4.78 is 66.1. The lowest BCUT2D eigenvalue weighted by atomic mass is 10.2. The number of ether oxygens (including phenoxy) is 1. The van der Waals surface area contributed by atoms with Crippen molar-refractivity contribution in [2.24, 2.45) is 0 Å². The van der Waals surface area contributed by atoms with Gasteiger partial charge in [0.15, 0.2) is 0 Å². The minimum absolute atomic E-state index is 0.513. The summed E-state index contributed by atoms with van der Waals surface area (Å²) in [5.41, 5.74) is -2.23. The second kappa shape index (κ2) is 4.40. The van der Waals surface area contributed by atoms with Crippen LogP contribution in [0.25, 0.3) is 0 Å². The molecule has 1 aromatic rings. The Labute approximate surface area is 92.0 Å². The van der Waals surface area contributed by atoms with Crippen LogP contribution < -0.4 is 4.74 Å². The van der Waals surface area contributed by atoms with Gasteiger partial charge in [0.2, 0.25) is 0 Å². The topological polar surface area (TPSA) is 22.1 Å². The zero-order valence-electron chi connectivity index (χ0n) is 7.78. The van der Waals surface area contributed by atoms with Crippen molar-refractivity contribution in [3.05, 3.63) is 22.5 Å². The third-order valence-electron chi connectivity index (χ3n) is 1.69. The Kier molecular flexibility index (Phi) is 3.57. The van der Waals surface area contributed by atoms with E-state index in [9.17, 15) is 22.0 Å². The lowest BCUT2D eigenvalue weighted by Gasteiger charge is -2.14. The van der Waals surface area contributed by atoms with Gasteiger partial charge in [0, 0.05) is 6.07 Å². The number of nitrogens with zero attached hydrogens (tertiary/aromatic N) is 1. The van der Waals surface area contributed by atoms with Crippen molar-refractivity contribution in [3.8, 4) is 5.75 Å². The predicted octanol–water partition coefficient (Wildman–Crippen LogP) is 3.70. The van der Waals surface area contributed by atoms with Crippen LogP contribution in [0.2, 0.25) is 5.15 Å². The maximum absolute atomic E-state index is 12.4. The summed E-state index contributed by atoms with van der Waals surface area (Å²) in [7, 11) is 0.927. The first-order valence-corrected chi connectivity index (χ1v) is 4.25. The Balaban J connectivity index is 3.41. The second-order valence-electron chi connectivity index (χ2n) is 2.71. The molecular weight excluding hydrogens is 257 g/mol. The molecule has 0 bridgehead atoms. The van der Waals surface area contributed by atoms with Crippen LogP contribution in [0.1, 0.15) is 17.7 Å². The van der Waals surface area contributed by atoms with Crippen LogP contribution in [0.15, 0.2) is 6.07 Å². The number of aromatic nitrogens is 1. The molecule has 0 aliphatic heterocycles. The molecule has 1 heterocycles. The molecule has 0 aromatic carbocycles. The van der Waals surface area contributed by atoms with E-state index in [1.807, 2.05) is 0 Å². The zero-order valence-corrected chi connectivity index (χ0v) is 8.53. The summed E-state index contributed by atoms with van der Waals surface area (Å²) in [6.45, 7) is 0. The first-order valence-electron chi connectivity index (χ1n) is 3.87. The van der Waals surface area contributed by atoms with Gasteiger partial charge in [-0.05, 0) is 0 Å². The molecule has 16 heavy (non-hydrogen) atoms. The monoisotopic (exact) mass is 261 g/mol. The third kappa shape index (κ3) is 2.52. The zero-order chi connectivity index (χ0) is 12.5. The highest BCUT2D eigenvalue weighted by atomic mass is 35.5. The molecule has 0 radical (unpaired) electrons. The van der Waals surface area contributed by atoms with Crippen LogP contribution in [-0.2, 0) is 6.18 Å². The first kappa shape index (κ1) is 13.0. The maximum Gasteiger partial charge on any atom is 0.422 e. The van der Waals surface area contributed by atoms with Crippen LogP contribution in [-0.4, -0.2) is 12.1 Å². The normalized spacial score (nSPS) is 12.0. The Bertz CT molecular complexity index is 393. The number of hydrogen-bond donors (Lipinski definition) is 0. The summed E-state index contributed by atoms with van der Waals surface area (Å²) >= 11 is 5.20. The molecule has 0 unspecified atom stereocenters. The fraction of sp³-hybridized carbons (Fsp3) is 0.375. The maximum atomic E-state index is 12.4. The van der Waals surface area contributed by atoms with E-state index in [0.717, 1.165) is 7.11 Å². The molecule has 0 aliphatic carbocycles. The summed E-state index contributed by atoms with van der Waals surface area (Å²) in [5, 5.41) is -1.05. The Hall–Kier alpha value is -1.11. The van der Waals surface area contributed by atoms with Gasteiger partial charge >= 0.3 is 6.18 Å². The molecule has 0 saturated carbocycles. The molecule has 1 rings (SSSR count). The molecule has 0 atom stereocenters. The Morgan fingerprint density at radius 3 is 2.31 bits per heavy atom. The number of rotatable bonds is 2. The average Bonchev–Trinajstić information content (AvgIpc) is 2.14. The van der Waals surface area contributed by atoms with E-state index in [1.54, 1.807) is 0 Å². The molecular formula is C8H5ClF5NO. The first-order chi connectivity index (χ1) is 7.27. The average molecular weight is 262 g/mol. The van der Waals surface area contributed by atoms with Gasteiger partial charge in [0.05, 0.1) is 7.11 Å². The Morgan fingerprint density at radius 1 is 1.38 bits per heavy atom. The van der Waals surface area contributed by atoms with Gasteiger partial charge in [-0.2, -0.15) is 13.2 Å². The minimum atomic E-state index is -4.81. The standard InChI is InChI=1S/C8H5ClF5NO/c1-16-4-2-3(7(10)11)15-6(9)5(4)8(12,13)14/h2,7H,1H3. The fourth-order valence-corrected chi connectivity index (χ4v) is 1.34. The van der Waals surface area contributed by atoms with E-state index >= 15 is 0 Å². The van der Waals surface area contributed by atoms with Gasteiger partial charge in [-0.15, -0.1) is 0 Å². The molecule has 8 heteroatoms. The van der Waals surface area contributed by atoms with Gasteiger partial charge in [-0.25, -0.2) is 13.8 Å². The lowest BCUT2D eigenvalue weighted by molar-refractivity contribution is -0.138. The molecule has 0 saturated heterocycles. The smallest absolute Gasteiger partial charge is 0.422 e. The summed E-state index contributed by atoms with van der Waals surface area (Å²) in [5.74, 6) is -0.775. The summed E-state index contributed by atoms with van der Waals surface area (Å²) in [4.78, 5) is 2.96. The van der Waals surface area contributed by atoms with E-state index < -0.39 is 34.8 Å². The molecule has 0 N–H and O–H groups in total. The van der Waals surface area contributed by atoms with Crippen molar-refractivity contribution in [2.45, 2.75) is 12.6 Å². The van der Waals surface area contributed by atoms with Crippen LogP contribution in [0.5, 0.6) is 5.75 Å². The number of pyridine rings is 1. The number of hydrogen-bond acceptors (Lipinski definition) is 2. The van der Waals surface area contributed by atoms with E-state index in [4.69, 9.17) is 11.6 Å². The van der Waals surface area contributed by atoms with Crippen molar-refractivity contribution in [2.75, 3.05) is 7.11 Å². The predicted molar refractivity (Wildman–Crippen MR) is 45.8 cm³/mol. The van der Waals surface area contributed by atoms with E-state index in [2.05, 4.69) is 9.72 Å². The van der Waals surface area contributed by atoms with Gasteiger partial charge in [-0.3, -0.25) is 0 Å². The highest BCUT2D eigenvalue weighted by molar-refractivity contribution is 6.30. The quantitative estimate of drug-likeness (QED) is 0.598. The highest BCUT2D eigenvalue weighted by Crippen LogP contribution is 2.41. The number of methoxy groups -OCH3 is 1. The molecule has 90 valence electrons. The molecule has 1 aromatic heterocycles. The van der Waals surface area contributed by atoms with E-state index in [-0.39, 0.29) is 0 Å². The van der Waals surface area contributed by atoms with Crippen molar-refractivity contribution >= 4 is 11.6 Å². The van der Waals surface area contributed by atoms with E-state index in [0.29, 0.717) is 6.07 Å². The molecule has 0 amide bonds. The van der Waals surface area contributed by atoms with Crippen LogP contribution in [0, 0.1) is 0 Å². The molecule has 0 aliphatic rings. The second-order valence-corrected chi connectivity index (χ2v) is 3.07. The fourth-order valence-electron chi connectivity index (χ4n) is 1.04. The summed E-state index contributed by atoms with van der Waals surface area (Å²) in [6.07, 6.45) is -7.83. The lowest BCUT2D eigenvalue weighted by Crippen LogP contribution is -2.10. The highest BCUT2D eigenvalue weighted by Gasteiger charge is 2.38. The number of alkyl halides is 5. The van der Waals surface area contributed by atoms with E-state index in [1.165, 1.54) is 0 Å².